The SMILES string of the molecule is COCCCOCC(CS(N)(=O)=O)c1ccccc1. The molecular weight excluding hydrogens is 266 g/mol. The summed E-state index contributed by atoms with van der Waals surface area (Å²) in [6.07, 6.45) is 0.785. The van der Waals surface area contributed by atoms with Gasteiger partial charge in [-0.3, -0.25) is 0 Å². The Morgan fingerprint density at radius 1 is 1.21 bits per heavy atom. The van der Waals surface area contributed by atoms with E-state index in [-0.39, 0.29) is 11.7 Å². The Labute approximate surface area is 114 Å². The molecule has 0 spiro atoms. The van der Waals surface area contributed by atoms with Crippen molar-refractivity contribution in [2.45, 2.75) is 12.3 Å². The lowest BCUT2D eigenvalue weighted by Crippen LogP contribution is -2.25. The van der Waals surface area contributed by atoms with E-state index in [0.717, 1.165) is 12.0 Å². The Morgan fingerprint density at radius 2 is 1.89 bits per heavy atom. The highest BCUT2D eigenvalue weighted by Crippen LogP contribution is 2.17. The Morgan fingerprint density at radius 3 is 2.47 bits per heavy atom. The Kier molecular flexibility index (Phi) is 7.01. The van der Waals surface area contributed by atoms with Gasteiger partial charge in [0.15, 0.2) is 0 Å². The summed E-state index contributed by atoms with van der Waals surface area (Å²) < 4.78 is 32.9. The summed E-state index contributed by atoms with van der Waals surface area (Å²) in [5, 5.41) is 5.12. The van der Waals surface area contributed by atoms with Crippen LogP contribution < -0.4 is 5.14 Å². The van der Waals surface area contributed by atoms with Gasteiger partial charge in [-0.1, -0.05) is 30.3 Å². The zero-order valence-corrected chi connectivity index (χ0v) is 11.9. The Hall–Kier alpha value is -0.950. The summed E-state index contributed by atoms with van der Waals surface area (Å²) >= 11 is 0. The quantitative estimate of drug-likeness (QED) is 0.690. The first-order chi connectivity index (χ1) is 9.03. The molecule has 0 aliphatic carbocycles. The number of hydrogen-bond acceptors (Lipinski definition) is 4. The minimum atomic E-state index is -3.52. The molecule has 1 aromatic rings. The first-order valence-corrected chi connectivity index (χ1v) is 7.86. The molecule has 0 aliphatic rings. The molecule has 0 aliphatic heterocycles. The van der Waals surface area contributed by atoms with Gasteiger partial charge in [0, 0.05) is 26.2 Å². The van der Waals surface area contributed by atoms with Gasteiger partial charge in [-0.25, -0.2) is 13.6 Å². The van der Waals surface area contributed by atoms with Crippen LogP contribution in [0.1, 0.15) is 17.9 Å². The monoisotopic (exact) mass is 287 g/mol. The normalized spacial score (nSPS) is 13.4. The molecule has 6 heteroatoms. The van der Waals surface area contributed by atoms with Gasteiger partial charge >= 0.3 is 0 Å². The van der Waals surface area contributed by atoms with Crippen molar-refractivity contribution in [1.29, 1.82) is 0 Å². The van der Waals surface area contributed by atoms with Gasteiger partial charge < -0.3 is 9.47 Å². The molecule has 1 unspecified atom stereocenters. The van der Waals surface area contributed by atoms with Gasteiger partial charge in [0.05, 0.1) is 12.4 Å². The molecule has 0 amide bonds. The molecule has 1 atom stereocenters. The van der Waals surface area contributed by atoms with Crippen LogP contribution in [0.3, 0.4) is 0 Å². The number of nitrogens with two attached hydrogens (primary N) is 1. The second-order valence-corrected chi connectivity index (χ2v) is 6.02. The van der Waals surface area contributed by atoms with E-state index >= 15 is 0 Å². The van der Waals surface area contributed by atoms with Crippen LogP contribution >= 0.6 is 0 Å². The fourth-order valence-electron chi connectivity index (χ4n) is 1.78. The summed E-state index contributed by atoms with van der Waals surface area (Å²) in [6.45, 7) is 1.51. The predicted octanol–water partition coefficient (Wildman–Crippen LogP) is 1.11. The molecule has 0 aromatic heterocycles. The average Bonchev–Trinajstić information content (AvgIpc) is 2.37. The largest absolute Gasteiger partial charge is 0.385 e. The van der Waals surface area contributed by atoms with Crippen LogP contribution in [0.2, 0.25) is 0 Å². The first-order valence-electron chi connectivity index (χ1n) is 6.15. The number of methoxy groups -OCH3 is 1. The van der Waals surface area contributed by atoms with Crippen molar-refractivity contribution in [2.24, 2.45) is 5.14 Å². The molecule has 0 bridgehead atoms. The van der Waals surface area contributed by atoms with Crippen molar-refractivity contribution in [3.63, 3.8) is 0 Å². The van der Waals surface area contributed by atoms with Crippen molar-refractivity contribution >= 4 is 10.0 Å². The molecule has 19 heavy (non-hydrogen) atoms. The van der Waals surface area contributed by atoms with Gasteiger partial charge in [-0.05, 0) is 12.0 Å². The number of sulfonamides is 1. The second-order valence-electron chi connectivity index (χ2n) is 4.36. The molecule has 108 valence electrons. The van der Waals surface area contributed by atoms with Crippen molar-refractivity contribution < 1.29 is 17.9 Å². The van der Waals surface area contributed by atoms with E-state index in [0.29, 0.717) is 19.8 Å². The van der Waals surface area contributed by atoms with Crippen LogP contribution in [0.4, 0.5) is 0 Å². The van der Waals surface area contributed by atoms with Gasteiger partial charge in [0.25, 0.3) is 0 Å². The van der Waals surface area contributed by atoms with Gasteiger partial charge in [0.1, 0.15) is 0 Å². The van der Waals surface area contributed by atoms with Crippen molar-refractivity contribution in [3.8, 4) is 0 Å². The number of primary sulfonamides is 1. The van der Waals surface area contributed by atoms with E-state index in [1.54, 1.807) is 7.11 Å². The number of ether oxygens (including phenoxy) is 2. The Bertz CT molecular complexity index is 447. The minimum absolute atomic E-state index is 0.110. The summed E-state index contributed by atoms with van der Waals surface area (Å²) in [6, 6.07) is 9.40. The van der Waals surface area contributed by atoms with Crippen molar-refractivity contribution in [2.75, 3.05) is 32.7 Å². The maximum Gasteiger partial charge on any atom is 0.209 e. The predicted molar refractivity (Wildman–Crippen MR) is 74.5 cm³/mol. The molecule has 0 saturated carbocycles. The molecule has 2 N–H and O–H groups in total. The van der Waals surface area contributed by atoms with Crippen LogP contribution in [0.15, 0.2) is 30.3 Å². The molecule has 0 heterocycles. The van der Waals surface area contributed by atoms with Crippen LogP contribution in [-0.4, -0.2) is 41.1 Å². The zero-order valence-electron chi connectivity index (χ0n) is 11.1. The molecular formula is C13H21NO4S. The van der Waals surface area contributed by atoms with E-state index < -0.39 is 10.0 Å². The maximum absolute atomic E-state index is 11.3. The molecule has 1 rings (SSSR count). The molecule has 0 saturated heterocycles. The third kappa shape index (κ3) is 7.27. The van der Waals surface area contributed by atoms with Gasteiger partial charge in [0.2, 0.25) is 10.0 Å². The van der Waals surface area contributed by atoms with E-state index in [1.165, 1.54) is 0 Å². The zero-order chi connectivity index (χ0) is 14.1. The van der Waals surface area contributed by atoms with Crippen LogP contribution in [-0.2, 0) is 19.5 Å². The molecule has 5 nitrogen and oxygen atoms in total. The van der Waals surface area contributed by atoms with E-state index in [4.69, 9.17) is 14.6 Å². The second kappa shape index (κ2) is 8.27. The summed E-state index contributed by atoms with van der Waals surface area (Å²) in [5.41, 5.74) is 0.920. The van der Waals surface area contributed by atoms with Gasteiger partial charge in [-0.15, -0.1) is 0 Å². The van der Waals surface area contributed by atoms with Crippen molar-refractivity contribution in [3.05, 3.63) is 35.9 Å². The average molecular weight is 287 g/mol. The fourth-order valence-corrected chi connectivity index (χ4v) is 2.63. The Balaban J connectivity index is 2.56. The number of benzene rings is 1. The van der Waals surface area contributed by atoms with E-state index in [2.05, 4.69) is 0 Å². The van der Waals surface area contributed by atoms with Gasteiger partial charge in [-0.2, -0.15) is 0 Å². The lowest BCUT2D eigenvalue weighted by molar-refractivity contribution is 0.0960. The standard InChI is InChI=1S/C13H21NO4S/c1-17-8-5-9-18-10-13(11-19(14,15)16)12-6-3-2-4-7-12/h2-4,6-7,13H,5,8-11H2,1H3,(H2,14,15,16). The van der Waals surface area contributed by atoms with Crippen LogP contribution in [0.5, 0.6) is 0 Å². The van der Waals surface area contributed by atoms with Crippen LogP contribution in [0, 0.1) is 0 Å². The molecule has 0 fully saturated rings. The third-order valence-electron chi connectivity index (χ3n) is 2.66. The fraction of sp³-hybridized carbons (Fsp3) is 0.538. The summed E-state index contributed by atoms with van der Waals surface area (Å²) in [4.78, 5) is 0. The number of rotatable bonds is 9. The summed E-state index contributed by atoms with van der Waals surface area (Å²) in [5.74, 6) is -0.347. The maximum atomic E-state index is 11.3. The lowest BCUT2D eigenvalue weighted by Gasteiger charge is -2.16. The smallest absolute Gasteiger partial charge is 0.209 e. The topological polar surface area (TPSA) is 78.6 Å². The molecule has 1 aromatic carbocycles. The highest BCUT2D eigenvalue weighted by Gasteiger charge is 2.18. The lowest BCUT2D eigenvalue weighted by atomic mass is 10.0. The highest BCUT2D eigenvalue weighted by atomic mass is 32.2. The first kappa shape index (κ1) is 16.1. The number of hydrogen-bond donors (Lipinski definition) is 1. The van der Waals surface area contributed by atoms with Crippen molar-refractivity contribution in [1.82, 2.24) is 0 Å². The molecule has 0 radical (unpaired) electrons. The minimum Gasteiger partial charge on any atom is -0.385 e. The third-order valence-corrected chi connectivity index (χ3v) is 3.53. The van der Waals surface area contributed by atoms with E-state index in [1.807, 2.05) is 30.3 Å². The summed E-state index contributed by atoms with van der Waals surface area (Å²) in [7, 11) is -1.89. The van der Waals surface area contributed by atoms with Crippen LogP contribution in [0.25, 0.3) is 0 Å². The van der Waals surface area contributed by atoms with E-state index in [9.17, 15) is 8.42 Å². The highest BCUT2D eigenvalue weighted by molar-refractivity contribution is 7.89.